The number of aromatic amines is 1. The van der Waals surface area contributed by atoms with E-state index in [1.165, 1.54) is 0 Å². The van der Waals surface area contributed by atoms with Crippen LogP contribution in [0.5, 0.6) is 5.75 Å². The molecular weight excluding hydrogens is 345 g/mol. The molecule has 0 aliphatic rings. The van der Waals surface area contributed by atoms with Crippen LogP contribution in [0.15, 0.2) is 54.7 Å². The van der Waals surface area contributed by atoms with Crippen LogP contribution in [0.4, 0.5) is 13.2 Å². The van der Waals surface area contributed by atoms with Crippen molar-refractivity contribution in [1.82, 2.24) is 10.3 Å². The summed E-state index contributed by atoms with van der Waals surface area (Å²) < 4.78 is 42.3. The lowest BCUT2D eigenvalue weighted by molar-refractivity contribution is -0.173. The molecule has 0 atom stereocenters. The number of hydrogen-bond donors (Lipinski definition) is 2. The lowest BCUT2D eigenvalue weighted by Gasteiger charge is -2.08. The minimum atomic E-state index is -4.86. The molecule has 3 rings (SSSR count). The Morgan fingerprint density at radius 2 is 1.88 bits per heavy atom. The number of halogens is 3. The first-order chi connectivity index (χ1) is 12.4. The monoisotopic (exact) mass is 362 g/mol. The Balaban J connectivity index is 1.61. The van der Waals surface area contributed by atoms with Gasteiger partial charge in [-0.25, -0.2) is 0 Å². The summed E-state index contributed by atoms with van der Waals surface area (Å²) in [6.07, 6.45) is -2.83. The van der Waals surface area contributed by atoms with Crippen molar-refractivity contribution < 1.29 is 22.7 Å². The Labute approximate surface area is 148 Å². The fourth-order valence-corrected chi connectivity index (χ4v) is 2.61. The molecule has 3 aromatic rings. The predicted molar refractivity (Wildman–Crippen MR) is 91.8 cm³/mol. The maximum absolute atomic E-state index is 12.2. The fraction of sp³-hybridized carbons (Fsp3) is 0.211. The molecule has 0 aliphatic heterocycles. The summed E-state index contributed by atoms with van der Waals surface area (Å²) in [6, 6.07) is 15.3. The highest BCUT2D eigenvalue weighted by Gasteiger charge is 2.38. The van der Waals surface area contributed by atoms with Gasteiger partial charge >= 0.3 is 12.1 Å². The van der Waals surface area contributed by atoms with Gasteiger partial charge in [-0.3, -0.25) is 4.79 Å². The van der Waals surface area contributed by atoms with E-state index < -0.39 is 12.1 Å². The van der Waals surface area contributed by atoms with E-state index >= 15 is 0 Å². The Morgan fingerprint density at radius 1 is 1.12 bits per heavy atom. The molecule has 0 unspecified atom stereocenters. The molecule has 0 spiro atoms. The Hall–Kier alpha value is -2.96. The summed E-state index contributed by atoms with van der Waals surface area (Å²) in [5, 5.41) is 2.76. The van der Waals surface area contributed by atoms with Gasteiger partial charge in [0.15, 0.2) is 0 Å². The molecule has 1 amide bonds. The molecule has 0 fully saturated rings. The van der Waals surface area contributed by atoms with Crippen molar-refractivity contribution in [3.8, 4) is 5.75 Å². The van der Waals surface area contributed by atoms with E-state index in [1.54, 1.807) is 6.20 Å². The highest BCUT2D eigenvalue weighted by Crippen LogP contribution is 2.24. The quantitative estimate of drug-likeness (QED) is 0.697. The molecule has 1 heterocycles. The first kappa shape index (κ1) is 17.8. The second-order valence-corrected chi connectivity index (χ2v) is 5.80. The summed E-state index contributed by atoms with van der Waals surface area (Å²) >= 11 is 0. The lowest BCUT2D eigenvalue weighted by atomic mass is 10.1. The van der Waals surface area contributed by atoms with Crippen LogP contribution in [-0.4, -0.2) is 23.6 Å². The van der Waals surface area contributed by atoms with Gasteiger partial charge in [0.25, 0.3) is 0 Å². The number of alkyl halides is 3. The average Bonchev–Trinajstić information content (AvgIpc) is 3.02. The zero-order valence-corrected chi connectivity index (χ0v) is 13.8. The summed E-state index contributed by atoms with van der Waals surface area (Å²) in [6.45, 7) is 0.362. The van der Waals surface area contributed by atoms with Gasteiger partial charge < -0.3 is 15.0 Å². The number of benzene rings is 2. The zero-order chi connectivity index (χ0) is 18.6. The number of H-pyrrole nitrogens is 1. The van der Waals surface area contributed by atoms with E-state index in [2.05, 4.69) is 4.98 Å². The number of hydrogen-bond acceptors (Lipinski definition) is 2. The number of amides is 1. The molecule has 7 heteroatoms. The molecule has 4 nitrogen and oxygen atoms in total. The van der Waals surface area contributed by atoms with Gasteiger partial charge in [0, 0.05) is 29.7 Å². The standard InChI is InChI=1S/C19H17F3N2O2/c20-19(21,22)18(25)23-9-8-14-11-24-17-10-15(6-7-16(14)17)26-12-13-4-2-1-3-5-13/h1-7,10-11,24H,8-9,12H2,(H,23,25). The van der Waals surface area contributed by atoms with E-state index in [0.29, 0.717) is 18.8 Å². The number of nitrogens with one attached hydrogen (secondary N) is 2. The van der Waals surface area contributed by atoms with Crippen LogP contribution in [0.2, 0.25) is 0 Å². The molecular formula is C19H17F3N2O2. The third-order valence-electron chi connectivity index (χ3n) is 3.92. The molecule has 0 bridgehead atoms. The molecule has 0 saturated carbocycles. The van der Waals surface area contributed by atoms with E-state index in [0.717, 1.165) is 22.0 Å². The molecule has 136 valence electrons. The van der Waals surface area contributed by atoms with Crippen molar-refractivity contribution in [2.75, 3.05) is 6.54 Å². The second-order valence-electron chi connectivity index (χ2n) is 5.80. The molecule has 2 aromatic carbocycles. The lowest BCUT2D eigenvalue weighted by Crippen LogP contribution is -2.37. The SMILES string of the molecule is O=C(NCCc1c[nH]c2cc(OCc3ccccc3)ccc12)C(F)(F)F. The Morgan fingerprint density at radius 3 is 2.62 bits per heavy atom. The Bertz CT molecular complexity index is 889. The van der Waals surface area contributed by atoms with Crippen molar-refractivity contribution >= 4 is 16.8 Å². The van der Waals surface area contributed by atoms with Crippen molar-refractivity contribution in [2.45, 2.75) is 19.2 Å². The van der Waals surface area contributed by atoms with Crippen molar-refractivity contribution in [3.05, 3.63) is 65.9 Å². The summed E-state index contributed by atoms with van der Waals surface area (Å²) in [4.78, 5) is 13.9. The minimum absolute atomic E-state index is 0.0858. The molecule has 2 N–H and O–H groups in total. The van der Waals surface area contributed by atoms with E-state index in [-0.39, 0.29) is 6.54 Å². The van der Waals surface area contributed by atoms with Crippen LogP contribution in [0.1, 0.15) is 11.1 Å². The van der Waals surface area contributed by atoms with E-state index in [1.807, 2.05) is 53.8 Å². The summed E-state index contributed by atoms with van der Waals surface area (Å²) in [7, 11) is 0. The fourth-order valence-electron chi connectivity index (χ4n) is 2.61. The highest BCUT2D eigenvalue weighted by atomic mass is 19.4. The molecule has 26 heavy (non-hydrogen) atoms. The Kier molecular flexibility index (Phi) is 5.16. The van der Waals surface area contributed by atoms with Crippen LogP contribution >= 0.6 is 0 Å². The summed E-state index contributed by atoms with van der Waals surface area (Å²) in [5.74, 6) is -1.23. The number of carbonyl (C=O) groups is 1. The molecule has 0 radical (unpaired) electrons. The highest BCUT2D eigenvalue weighted by molar-refractivity contribution is 5.85. The van der Waals surface area contributed by atoms with Crippen LogP contribution < -0.4 is 10.1 Å². The number of ether oxygens (including phenoxy) is 1. The van der Waals surface area contributed by atoms with Gasteiger partial charge in [-0.15, -0.1) is 0 Å². The van der Waals surface area contributed by atoms with Gasteiger partial charge in [-0.2, -0.15) is 13.2 Å². The van der Waals surface area contributed by atoms with Crippen molar-refractivity contribution in [2.24, 2.45) is 0 Å². The van der Waals surface area contributed by atoms with Crippen LogP contribution in [0, 0.1) is 0 Å². The summed E-state index contributed by atoms with van der Waals surface area (Å²) in [5.41, 5.74) is 2.71. The van der Waals surface area contributed by atoms with Gasteiger partial charge in [0.05, 0.1) is 0 Å². The molecule has 0 aliphatic carbocycles. The first-order valence-electron chi connectivity index (χ1n) is 8.05. The van der Waals surface area contributed by atoms with Crippen molar-refractivity contribution in [3.63, 3.8) is 0 Å². The van der Waals surface area contributed by atoms with Gasteiger partial charge in [0.2, 0.25) is 0 Å². The molecule has 0 saturated heterocycles. The topological polar surface area (TPSA) is 54.1 Å². The first-order valence-corrected chi connectivity index (χ1v) is 8.05. The zero-order valence-electron chi connectivity index (χ0n) is 13.8. The van der Waals surface area contributed by atoms with Crippen molar-refractivity contribution in [1.29, 1.82) is 0 Å². The number of aromatic nitrogens is 1. The van der Waals surface area contributed by atoms with Gasteiger partial charge in [0.1, 0.15) is 12.4 Å². The third kappa shape index (κ3) is 4.36. The average molecular weight is 362 g/mol. The van der Waals surface area contributed by atoms with E-state index in [9.17, 15) is 18.0 Å². The number of rotatable bonds is 6. The maximum atomic E-state index is 12.2. The number of fused-ring (bicyclic) bond motifs is 1. The number of carbonyl (C=O) groups excluding carboxylic acids is 1. The largest absolute Gasteiger partial charge is 0.489 e. The maximum Gasteiger partial charge on any atom is 0.471 e. The van der Waals surface area contributed by atoms with E-state index in [4.69, 9.17) is 4.74 Å². The normalized spacial score (nSPS) is 11.5. The van der Waals surface area contributed by atoms with Crippen LogP contribution in [0.25, 0.3) is 10.9 Å². The van der Waals surface area contributed by atoms with Gasteiger partial charge in [-0.05, 0) is 29.7 Å². The third-order valence-corrected chi connectivity index (χ3v) is 3.92. The second kappa shape index (κ2) is 7.51. The minimum Gasteiger partial charge on any atom is -0.489 e. The van der Waals surface area contributed by atoms with Crippen LogP contribution in [-0.2, 0) is 17.8 Å². The van der Waals surface area contributed by atoms with Crippen LogP contribution in [0.3, 0.4) is 0 Å². The van der Waals surface area contributed by atoms with Gasteiger partial charge in [-0.1, -0.05) is 30.3 Å². The molecule has 1 aromatic heterocycles. The predicted octanol–water partition coefficient (Wildman–Crippen LogP) is 3.97. The smallest absolute Gasteiger partial charge is 0.471 e.